The van der Waals surface area contributed by atoms with Gasteiger partial charge in [-0.2, -0.15) is 0 Å². The lowest BCUT2D eigenvalue weighted by Crippen LogP contribution is -2.29. The number of aryl methyl sites for hydroxylation is 1. The molecule has 0 radical (unpaired) electrons. The molecule has 112 valence electrons. The van der Waals surface area contributed by atoms with Gasteiger partial charge in [0, 0.05) is 18.4 Å². The summed E-state index contributed by atoms with van der Waals surface area (Å²) in [6.45, 7) is 4.04. The zero-order valence-electron chi connectivity index (χ0n) is 12.7. The van der Waals surface area contributed by atoms with Gasteiger partial charge in [0.2, 0.25) is 0 Å². The minimum atomic E-state index is -0.241. The Morgan fingerprint density at radius 3 is 2.43 bits per heavy atom. The van der Waals surface area contributed by atoms with Crippen molar-refractivity contribution in [1.82, 2.24) is 4.98 Å². The maximum Gasteiger partial charge on any atom is 0.162 e. The quantitative estimate of drug-likeness (QED) is 0.886. The van der Waals surface area contributed by atoms with Crippen LogP contribution in [0.5, 0.6) is 11.5 Å². The summed E-state index contributed by atoms with van der Waals surface area (Å²) in [5.41, 5.74) is 8.29. The fraction of sp³-hybridized carbons (Fsp3) is 0.353. The second kappa shape index (κ2) is 7.09. The SMILES string of the molecule is CCc1ccc(OC(c2ccncc2)C(C)N)c(OC)c1. The van der Waals surface area contributed by atoms with Gasteiger partial charge in [-0.1, -0.05) is 13.0 Å². The smallest absolute Gasteiger partial charge is 0.162 e. The standard InChI is InChI=1S/C17H22N2O2/c1-4-13-5-6-15(16(11-13)20-3)21-17(12(2)18)14-7-9-19-10-8-14/h5-12,17H,4,18H2,1-3H3. The number of methoxy groups -OCH3 is 1. The molecular weight excluding hydrogens is 264 g/mol. The average molecular weight is 286 g/mol. The normalized spacial score (nSPS) is 13.5. The lowest BCUT2D eigenvalue weighted by molar-refractivity contribution is 0.173. The summed E-state index contributed by atoms with van der Waals surface area (Å²) in [5, 5.41) is 0. The molecule has 0 bridgehead atoms. The Morgan fingerprint density at radius 2 is 1.86 bits per heavy atom. The maximum atomic E-state index is 6.11. The fourth-order valence-corrected chi connectivity index (χ4v) is 2.20. The number of hydrogen-bond donors (Lipinski definition) is 1. The maximum absolute atomic E-state index is 6.11. The van der Waals surface area contributed by atoms with Crippen molar-refractivity contribution in [2.24, 2.45) is 5.73 Å². The first-order chi connectivity index (χ1) is 10.2. The topological polar surface area (TPSA) is 57.4 Å². The molecule has 2 rings (SSSR count). The van der Waals surface area contributed by atoms with Gasteiger partial charge >= 0.3 is 0 Å². The summed E-state index contributed by atoms with van der Waals surface area (Å²) in [6.07, 6.45) is 4.20. The van der Waals surface area contributed by atoms with Crippen molar-refractivity contribution in [2.45, 2.75) is 32.4 Å². The molecule has 0 saturated heterocycles. The highest BCUT2D eigenvalue weighted by Gasteiger charge is 2.20. The van der Waals surface area contributed by atoms with Gasteiger partial charge in [-0.05, 0) is 48.7 Å². The molecule has 2 unspecified atom stereocenters. The Labute approximate surface area is 125 Å². The molecule has 1 aromatic carbocycles. The Bertz CT molecular complexity index is 570. The second-order valence-corrected chi connectivity index (χ2v) is 5.02. The Morgan fingerprint density at radius 1 is 1.14 bits per heavy atom. The Balaban J connectivity index is 2.29. The first-order valence-electron chi connectivity index (χ1n) is 7.14. The molecule has 21 heavy (non-hydrogen) atoms. The van der Waals surface area contributed by atoms with Crippen LogP contribution in [0.2, 0.25) is 0 Å². The highest BCUT2D eigenvalue weighted by molar-refractivity contribution is 5.43. The zero-order chi connectivity index (χ0) is 15.2. The monoisotopic (exact) mass is 286 g/mol. The molecule has 0 saturated carbocycles. The van der Waals surface area contributed by atoms with E-state index in [0.29, 0.717) is 5.75 Å². The van der Waals surface area contributed by atoms with Gasteiger partial charge in [-0.25, -0.2) is 0 Å². The number of benzene rings is 1. The van der Waals surface area contributed by atoms with Crippen LogP contribution in [-0.2, 0) is 6.42 Å². The van der Waals surface area contributed by atoms with Crippen LogP contribution in [0.4, 0.5) is 0 Å². The summed E-state index contributed by atoms with van der Waals surface area (Å²) in [4.78, 5) is 4.03. The number of ether oxygens (including phenoxy) is 2. The van der Waals surface area contributed by atoms with Crippen LogP contribution in [0, 0.1) is 0 Å². The van der Waals surface area contributed by atoms with Gasteiger partial charge in [-0.3, -0.25) is 4.98 Å². The average Bonchev–Trinajstić information content (AvgIpc) is 2.53. The summed E-state index contributed by atoms with van der Waals surface area (Å²) in [5.74, 6) is 1.43. The third-order valence-electron chi connectivity index (χ3n) is 3.40. The molecule has 2 atom stereocenters. The van der Waals surface area contributed by atoms with Gasteiger partial charge in [0.25, 0.3) is 0 Å². The van der Waals surface area contributed by atoms with E-state index in [4.69, 9.17) is 15.2 Å². The van der Waals surface area contributed by atoms with Crippen molar-refractivity contribution in [3.8, 4) is 11.5 Å². The first-order valence-corrected chi connectivity index (χ1v) is 7.14. The van der Waals surface area contributed by atoms with Gasteiger partial charge in [-0.15, -0.1) is 0 Å². The molecule has 0 aliphatic carbocycles. The molecule has 0 spiro atoms. The molecule has 4 nitrogen and oxygen atoms in total. The largest absolute Gasteiger partial charge is 0.493 e. The lowest BCUT2D eigenvalue weighted by Gasteiger charge is -2.24. The number of nitrogens with two attached hydrogens (primary N) is 1. The van der Waals surface area contributed by atoms with Gasteiger partial charge < -0.3 is 15.2 Å². The van der Waals surface area contributed by atoms with E-state index >= 15 is 0 Å². The first kappa shape index (κ1) is 15.3. The van der Waals surface area contributed by atoms with Crippen LogP contribution < -0.4 is 15.2 Å². The van der Waals surface area contributed by atoms with Crippen LogP contribution in [0.15, 0.2) is 42.7 Å². The number of pyridine rings is 1. The highest BCUT2D eigenvalue weighted by atomic mass is 16.5. The minimum absolute atomic E-state index is 0.150. The predicted molar refractivity (Wildman–Crippen MR) is 83.6 cm³/mol. The predicted octanol–water partition coefficient (Wildman–Crippen LogP) is 3.12. The summed E-state index contributed by atoms with van der Waals surface area (Å²) < 4.78 is 11.5. The summed E-state index contributed by atoms with van der Waals surface area (Å²) in [7, 11) is 1.65. The van der Waals surface area contributed by atoms with E-state index in [1.54, 1.807) is 19.5 Å². The van der Waals surface area contributed by atoms with Gasteiger partial charge in [0.15, 0.2) is 11.5 Å². The molecule has 1 aromatic heterocycles. The summed E-state index contributed by atoms with van der Waals surface area (Å²) >= 11 is 0. The van der Waals surface area contributed by atoms with E-state index < -0.39 is 0 Å². The van der Waals surface area contributed by atoms with Crippen LogP contribution in [-0.4, -0.2) is 18.1 Å². The Hall–Kier alpha value is -2.07. The van der Waals surface area contributed by atoms with E-state index in [9.17, 15) is 0 Å². The van der Waals surface area contributed by atoms with Crippen molar-refractivity contribution in [2.75, 3.05) is 7.11 Å². The number of hydrogen-bond acceptors (Lipinski definition) is 4. The van der Waals surface area contributed by atoms with Crippen molar-refractivity contribution < 1.29 is 9.47 Å². The molecule has 0 fully saturated rings. The molecule has 2 aromatic rings. The molecule has 0 aliphatic rings. The van der Waals surface area contributed by atoms with Crippen LogP contribution in [0.1, 0.15) is 31.1 Å². The van der Waals surface area contributed by atoms with Crippen molar-refractivity contribution >= 4 is 0 Å². The molecular formula is C17H22N2O2. The van der Waals surface area contributed by atoms with E-state index in [0.717, 1.165) is 17.7 Å². The van der Waals surface area contributed by atoms with Crippen molar-refractivity contribution in [1.29, 1.82) is 0 Å². The van der Waals surface area contributed by atoms with Crippen LogP contribution >= 0.6 is 0 Å². The van der Waals surface area contributed by atoms with Crippen LogP contribution in [0.3, 0.4) is 0 Å². The van der Waals surface area contributed by atoms with Crippen molar-refractivity contribution in [3.63, 3.8) is 0 Å². The number of rotatable bonds is 6. The highest BCUT2D eigenvalue weighted by Crippen LogP contribution is 2.33. The minimum Gasteiger partial charge on any atom is -0.493 e. The van der Waals surface area contributed by atoms with Gasteiger partial charge in [0.05, 0.1) is 7.11 Å². The van der Waals surface area contributed by atoms with Crippen LogP contribution in [0.25, 0.3) is 0 Å². The fourth-order valence-electron chi connectivity index (χ4n) is 2.20. The van der Waals surface area contributed by atoms with E-state index in [2.05, 4.69) is 11.9 Å². The number of aromatic nitrogens is 1. The lowest BCUT2D eigenvalue weighted by atomic mass is 10.1. The van der Waals surface area contributed by atoms with Crippen molar-refractivity contribution in [3.05, 3.63) is 53.9 Å². The molecule has 0 amide bonds. The third-order valence-corrected chi connectivity index (χ3v) is 3.40. The summed E-state index contributed by atoms with van der Waals surface area (Å²) in [6, 6.07) is 9.67. The zero-order valence-corrected chi connectivity index (χ0v) is 12.7. The molecule has 2 N–H and O–H groups in total. The molecule has 0 aliphatic heterocycles. The second-order valence-electron chi connectivity index (χ2n) is 5.02. The molecule has 4 heteroatoms. The van der Waals surface area contributed by atoms with E-state index in [-0.39, 0.29) is 12.1 Å². The number of nitrogens with zero attached hydrogens (tertiary/aromatic N) is 1. The molecule has 1 heterocycles. The van der Waals surface area contributed by atoms with E-state index in [1.165, 1.54) is 5.56 Å². The van der Waals surface area contributed by atoms with Gasteiger partial charge in [0.1, 0.15) is 6.10 Å². The third kappa shape index (κ3) is 3.73. The van der Waals surface area contributed by atoms with E-state index in [1.807, 2.05) is 37.3 Å². The Kier molecular flexibility index (Phi) is 5.17.